The van der Waals surface area contributed by atoms with Crippen LogP contribution in [0.2, 0.25) is 0 Å². The Morgan fingerprint density at radius 3 is 2.54 bits per heavy atom. The Balaban J connectivity index is 1.72. The Hall–Kier alpha value is -4.59. The van der Waals surface area contributed by atoms with Crippen LogP contribution in [0.5, 0.6) is 0 Å². The predicted molar refractivity (Wildman–Crippen MR) is 130 cm³/mol. The molecule has 1 aromatic carbocycles. The lowest BCUT2D eigenvalue weighted by atomic mass is 10.1. The molecule has 17 heteroatoms. The van der Waals surface area contributed by atoms with Crippen LogP contribution in [0.15, 0.2) is 39.9 Å². The highest BCUT2D eigenvalue weighted by molar-refractivity contribution is 7.91. The second kappa shape index (κ2) is 10.4. The summed E-state index contributed by atoms with van der Waals surface area (Å²) in [6.45, 7) is 4.28. The van der Waals surface area contributed by atoms with Crippen molar-refractivity contribution in [2.45, 2.75) is 50.0 Å². The van der Waals surface area contributed by atoms with Crippen LogP contribution in [0.3, 0.4) is 0 Å². The number of alkyl halides is 3. The van der Waals surface area contributed by atoms with Crippen molar-refractivity contribution in [3.8, 4) is 17.6 Å². The quantitative estimate of drug-likeness (QED) is 0.441. The lowest BCUT2D eigenvalue weighted by Gasteiger charge is -2.27. The molecule has 2 aromatic heterocycles. The Morgan fingerprint density at radius 1 is 1.27 bits per heavy atom. The van der Waals surface area contributed by atoms with Crippen LogP contribution in [0.1, 0.15) is 37.8 Å². The van der Waals surface area contributed by atoms with E-state index in [9.17, 15) is 40.8 Å². The number of benzene rings is 1. The third-order valence-electron chi connectivity index (χ3n) is 5.50. The minimum atomic E-state index is -4.86. The van der Waals surface area contributed by atoms with E-state index in [2.05, 4.69) is 25.0 Å². The maximum atomic E-state index is 14.5. The SMILES string of the molecule is CC(C)(C)OC(=O)N[C@H]1CS(=O)(=O)c2cc(F)c(C#N)cc2N(Cc2ccc(-c3noc(C(F)(F)F)n3)nc2)C1=O. The fourth-order valence-corrected chi connectivity index (χ4v) is 5.38. The molecule has 3 aromatic rings. The van der Waals surface area contributed by atoms with Gasteiger partial charge in [-0.15, -0.1) is 0 Å². The van der Waals surface area contributed by atoms with Crippen LogP contribution >= 0.6 is 0 Å². The fourth-order valence-electron chi connectivity index (χ4n) is 3.77. The number of carbonyl (C=O) groups excluding carboxylic acids is 2. The third kappa shape index (κ3) is 6.43. The average molecular weight is 597 g/mol. The standard InChI is InChI=1S/C24H20F4N6O6S/c1-23(2,3)39-22(36)31-16-11-41(37,38)18-7-14(25)13(8-29)6-17(18)34(20(16)35)10-12-4-5-15(30-9-12)19-32-21(40-33-19)24(26,27)28/h4-7,9,16H,10-11H2,1-3H3,(H,31,36)/t16-/m0/s1. The van der Waals surface area contributed by atoms with E-state index < -0.39 is 79.9 Å². The highest BCUT2D eigenvalue weighted by Crippen LogP contribution is 2.34. The number of sulfone groups is 1. The Morgan fingerprint density at radius 2 is 1.98 bits per heavy atom. The summed E-state index contributed by atoms with van der Waals surface area (Å²) in [5, 5.41) is 14.8. The zero-order chi connectivity index (χ0) is 30.3. The monoisotopic (exact) mass is 596 g/mol. The minimum Gasteiger partial charge on any atom is -0.444 e. The van der Waals surface area contributed by atoms with Gasteiger partial charge in [-0.3, -0.25) is 9.78 Å². The van der Waals surface area contributed by atoms with Crippen molar-refractivity contribution in [3.63, 3.8) is 0 Å². The van der Waals surface area contributed by atoms with Crippen LogP contribution in [0.25, 0.3) is 11.5 Å². The number of halogens is 4. The van der Waals surface area contributed by atoms with E-state index >= 15 is 0 Å². The first-order chi connectivity index (χ1) is 19.0. The number of anilines is 1. The molecule has 2 amide bonds. The minimum absolute atomic E-state index is 0.100. The number of hydrogen-bond donors (Lipinski definition) is 1. The number of pyridine rings is 1. The van der Waals surface area contributed by atoms with E-state index in [1.54, 1.807) is 26.8 Å². The van der Waals surface area contributed by atoms with Crippen molar-refractivity contribution in [2.75, 3.05) is 10.7 Å². The molecule has 0 bridgehead atoms. The summed E-state index contributed by atoms with van der Waals surface area (Å²) in [6.07, 6.45) is -4.78. The predicted octanol–water partition coefficient (Wildman–Crippen LogP) is 3.37. The van der Waals surface area contributed by atoms with Gasteiger partial charge >= 0.3 is 18.2 Å². The largest absolute Gasteiger partial charge is 0.471 e. The number of nitrogens with one attached hydrogen (secondary N) is 1. The molecule has 1 atom stereocenters. The summed E-state index contributed by atoms with van der Waals surface area (Å²) < 4.78 is 88.6. The maximum absolute atomic E-state index is 14.5. The van der Waals surface area contributed by atoms with Crippen LogP contribution in [0.4, 0.5) is 28.0 Å². The van der Waals surface area contributed by atoms with E-state index in [-0.39, 0.29) is 16.9 Å². The summed E-state index contributed by atoms with van der Waals surface area (Å²) >= 11 is 0. The van der Waals surface area contributed by atoms with Gasteiger partial charge in [0.25, 0.3) is 5.91 Å². The highest BCUT2D eigenvalue weighted by atomic mass is 32.2. The van der Waals surface area contributed by atoms with Crippen LogP contribution in [-0.4, -0.2) is 52.9 Å². The van der Waals surface area contributed by atoms with E-state index in [0.717, 1.165) is 17.2 Å². The number of carbonyl (C=O) groups is 2. The summed E-state index contributed by atoms with van der Waals surface area (Å²) in [6, 6.07) is 4.03. The number of rotatable bonds is 4. The number of amides is 2. The zero-order valence-corrected chi connectivity index (χ0v) is 22.3. The topological polar surface area (TPSA) is 168 Å². The number of fused-ring (bicyclic) bond motifs is 1. The van der Waals surface area contributed by atoms with Gasteiger partial charge in [-0.25, -0.2) is 17.6 Å². The van der Waals surface area contributed by atoms with Crippen molar-refractivity contribution >= 4 is 27.5 Å². The van der Waals surface area contributed by atoms with Gasteiger partial charge in [0.15, 0.2) is 9.84 Å². The average Bonchev–Trinajstić information content (AvgIpc) is 3.34. The molecule has 41 heavy (non-hydrogen) atoms. The van der Waals surface area contributed by atoms with Gasteiger partial charge in [-0.1, -0.05) is 11.2 Å². The molecule has 0 saturated carbocycles. The number of ether oxygens (including phenoxy) is 1. The van der Waals surface area contributed by atoms with Gasteiger partial charge in [0.05, 0.1) is 28.4 Å². The van der Waals surface area contributed by atoms with Gasteiger partial charge in [-0.05, 0) is 44.5 Å². The first kappa shape index (κ1) is 29.4. The second-order valence-electron chi connectivity index (χ2n) is 9.79. The number of aromatic nitrogens is 3. The summed E-state index contributed by atoms with van der Waals surface area (Å²) in [5.74, 6) is -5.02. The summed E-state index contributed by atoms with van der Waals surface area (Å²) in [4.78, 5) is 33.6. The van der Waals surface area contributed by atoms with E-state index in [1.165, 1.54) is 12.1 Å². The molecule has 12 nitrogen and oxygen atoms in total. The molecule has 1 aliphatic heterocycles. The number of alkyl carbamates (subject to hydrolysis) is 1. The molecule has 0 spiro atoms. The molecule has 3 heterocycles. The first-order valence-electron chi connectivity index (χ1n) is 11.6. The van der Waals surface area contributed by atoms with Crippen molar-refractivity contribution < 1.29 is 44.8 Å². The van der Waals surface area contributed by atoms with E-state index in [4.69, 9.17) is 4.74 Å². The Labute approximate surface area is 229 Å². The number of nitrogens with zero attached hydrogens (tertiary/aromatic N) is 5. The second-order valence-corrected chi connectivity index (χ2v) is 11.8. The molecule has 216 valence electrons. The van der Waals surface area contributed by atoms with Crippen molar-refractivity contribution in [1.82, 2.24) is 20.4 Å². The smallest absolute Gasteiger partial charge is 0.444 e. The number of nitriles is 1. The Kier molecular flexibility index (Phi) is 7.48. The van der Waals surface area contributed by atoms with Crippen LogP contribution in [0, 0.1) is 17.1 Å². The van der Waals surface area contributed by atoms with Gasteiger partial charge in [0.2, 0.25) is 5.82 Å². The van der Waals surface area contributed by atoms with Crippen molar-refractivity contribution in [3.05, 3.63) is 53.3 Å². The zero-order valence-electron chi connectivity index (χ0n) is 21.5. The molecule has 0 fully saturated rings. The molecular weight excluding hydrogens is 576 g/mol. The molecule has 0 radical (unpaired) electrons. The molecule has 0 aliphatic carbocycles. The highest BCUT2D eigenvalue weighted by Gasteiger charge is 2.41. The molecule has 0 unspecified atom stereocenters. The van der Waals surface area contributed by atoms with Crippen molar-refractivity contribution in [2.24, 2.45) is 0 Å². The molecule has 1 aliphatic rings. The number of hydrogen-bond acceptors (Lipinski definition) is 10. The van der Waals surface area contributed by atoms with Gasteiger partial charge < -0.3 is 19.5 Å². The molecule has 4 rings (SSSR count). The normalized spacial score (nSPS) is 16.9. The van der Waals surface area contributed by atoms with Gasteiger partial charge in [0.1, 0.15) is 29.2 Å². The molecule has 0 saturated heterocycles. The Bertz CT molecular complexity index is 1660. The lowest BCUT2D eigenvalue weighted by Crippen LogP contribution is -2.51. The molecular formula is C24H20F4N6O6S. The fraction of sp³-hybridized carbons (Fsp3) is 0.333. The lowest BCUT2D eigenvalue weighted by molar-refractivity contribution is -0.159. The van der Waals surface area contributed by atoms with Gasteiger partial charge in [-0.2, -0.15) is 23.4 Å². The van der Waals surface area contributed by atoms with E-state index in [1.807, 2.05) is 0 Å². The van der Waals surface area contributed by atoms with Crippen molar-refractivity contribution in [1.29, 1.82) is 5.26 Å². The maximum Gasteiger partial charge on any atom is 0.471 e. The van der Waals surface area contributed by atoms with Crippen LogP contribution in [-0.2, 0) is 32.1 Å². The summed E-state index contributed by atoms with van der Waals surface area (Å²) in [5.41, 5.74) is -1.70. The van der Waals surface area contributed by atoms with E-state index in [0.29, 0.717) is 6.07 Å². The summed E-state index contributed by atoms with van der Waals surface area (Å²) in [7, 11) is -4.39. The third-order valence-corrected chi connectivity index (χ3v) is 7.27. The van der Waals surface area contributed by atoms with Gasteiger partial charge in [0, 0.05) is 6.20 Å². The van der Waals surface area contributed by atoms with Crippen LogP contribution < -0.4 is 10.2 Å². The first-order valence-corrected chi connectivity index (χ1v) is 13.3. The molecule has 1 N–H and O–H groups in total.